The van der Waals surface area contributed by atoms with Crippen LogP contribution in [0.5, 0.6) is 0 Å². The van der Waals surface area contributed by atoms with Crippen LogP contribution in [0.3, 0.4) is 0 Å². The smallest absolute Gasteiger partial charge is 0.0992 e. The Hall–Kier alpha value is -4.45. The van der Waals surface area contributed by atoms with Crippen LogP contribution in [0.4, 0.5) is 0 Å². The Balaban J connectivity index is 1.94. The second-order valence-electron chi connectivity index (χ2n) is 7.64. The van der Waals surface area contributed by atoms with Gasteiger partial charge in [0.25, 0.3) is 0 Å². The molecule has 0 saturated carbocycles. The fourth-order valence-corrected chi connectivity index (χ4v) is 5.28. The molecule has 164 valence electrons. The van der Waals surface area contributed by atoms with Crippen molar-refractivity contribution in [3.05, 3.63) is 101 Å². The Morgan fingerprint density at radius 1 is 1.15 bits per heavy atom. The van der Waals surface area contributed by atoms with E-state index in [9.17, 15) is 10.5 Å². The fraction of sp³-hybridized carbons (Fsp3) is 0.0690. The molecule has 2 aromatic carbocycles. The van der Waals surface area contributed by atoms with E-state index in [1.54, 1.807) is 29.7 Å². The maximum absolute atomic E-state index is 9.36. The molecule has 4 aromatic rings. The van der Waals surface area contributed by atoms with Gasteiger partial charge in [-0.25, -0.2) is 0 Å². The van der Waals surface area contributed by atoms with E-state index in [1.807, 2.05) is 31.2 Å². The van der Waals surface area contributed by atoms with Crippen molar-refractivity contribution in [1.82, 2.24) is 4.98 Å². The molecule has 0 amide bonds. The molecule has 2 N–H and O–H groups in total. The Morgan fingerprint density at radius 2 is 2.00 bits per heavy atom. The zero-order chi connectivity index (χ0) is 24.1. The zero-order valence-corrected chi connectivity index (χ0v) is 19.6. The Labute approximate surface area is 202 Å². The minimum absolute atomic E-state index is 0.542. The quantitative estimate of drug-likeness (QED) is 0.246. The highest BCUT2D eigenvalue weighted by atomic mass is 32.1. The van der Waals surface area contributed by atoms with Gasteiger partial charge in [-0.2, -0.15) is 10.5 Å². The van der Waals surface area contributed by atoms with Gasteiger partial charge in [0.05, 0.1) is 23.4 Å². The van der Waals surface area contributed by atoms with Crippen molar-refractivity contribution in [2.75, 3.05) is 0 Å². The van der Waals surface area contributed by atoms with Crippen LogP contribution in [0.1, 0.15) is 29.2 Å². The number of rotatable bonds is 6. The molecule has 0 unspecified atom stereocenters. The number of nitrogens with two attached hydrogens (primary N) is 1. The molecule has 0 aliphatic carbocycles. The van der Waals surface area contributed by atoms with Crippen LogP contribution in [0.2, 0.25) is 0 Å². The van der Waals surface area contributed by atoms with Crippen LogP contribution in [-0.2, 0) is 6.42 Å². The summed E-state index contributed by atoms with van der Waals surface area (Å²) in [4.78, 5) is 4.55. The number of allylic oxidation sites excluding steroid dienone is 4. The molecule has 0 spiro atoms. The molecular formula is C29H22N4S. The van der Waals surface area contributed by atoms with E-state index in [0.29, 0.717) is 17.6 Å². The first-order chi connectivity index (χ1) is 16.6. The molecule has 4 nitrogen and oxygen atoms in total. The van der Waals surface area contributed by atoms with Crippen LogP contribution < -0.4 is 5.73 Å². The third-order valence-electron chi connectivity index (χ3n) is 5.57. The zero-order valence-electron chi connectivity index (χ0n) is 18.7. The van der Waals surface area contributed by atoms with E-state index in [1.165, 1.54) is 16.3 Å². The molecular weight excluding hydrogens is 436 g/mol. The number of pyridine rings is 1. The maximum Gasteiger partial charge on any atom is 0.0992 e. The molecule has 0 bridgehead atoms. The van der Waals surface area contributed by atoms with Gasteiger partial charge in [-0.15, -0.1) is 11.3 Å². The summed E-state index contributed by atoms with van der Waals surface area (Å²) in [6.07, 6.45) is 13.2. The monoisotopic (exact) mass is 458 g/mol. The number of fused-ring (bicyclic) bond motifs is 3. The predicted molar refractivity (Wildman–Crippen MR) is 143 cm³/mol. The number of hydrogen-bond acceptors (Lipinski definition) is 5. The van der Waals surface area contributed by atoms with Crippen molar-refractivity contribution in [3.63, 3.8) is 0 Å². The van der Waals surface area contributed by atoms with E-state index in [4.69, 9.17) is 5.73 Å². The molecule has 0 aliphatic heterocycles. The third-order valence-corrected chi connectivity index (χ3v) is 6.67. The van der Waals surface area contributed by atoms with Gasteiger partial charge in [-0.05, 0) is 66.6 Å². The van der Waals surface area contributed by atoms with Gasteiger partial charge in [0.2, 0.25) is 0 Å². The largest absolute Gasteiger partial charge is 0.405 e. The Bertz CT molecular complexity index is 1590. The topological polar surface area (TPSA) is 86.5 Å². The van der Waals surface area contributed by atoms with Gasteiger partial charge in [0.1, 0.15) is 0 Å². The Morgan fingerprint density at radius 3 is 2.71 bits per heavy atom. The molecule has 0 aliphatic rings. The summed E-state index contributed by atoms with van der Waals surface area (Å²) in [7, 11) is 0. The lowest BCUT2D eigenvalue weighted by Crippen LogP contribution is -1.92. The van der Waals surface area contributed by atoms with Gasteiger partial charge < -0.3 is 5.73 Å². The molecule has 0 fully saturated rings. The predicted octanol–water partition coefficient (Wildman–Crippen LogP) is 7.13. The first-order valence-electron chi connectivity index (χ1n) is 10.8. The number of nitriles is 2. The van der Waals surface area contributed by atoms with Crippen molar-refractivity contribution in [3.8, 4) is 23.4 Å². The summed E-state index contributed by atoms with van der Waals surface area (Å²) in [5, 5.41) is 20.9. The summed E-state index contributed by atoms with van der Waals surface area (Å²) >= 11 is 1.72. The van der Waals surface area contributed by atoms with Crippen molar-refractivity contribution < 1.29 is 0 Å². The minimum Gasteiger partial charge on any atom is -0.405 e. The highest BCUT2D eigenvalue weighted by Gasteiger charge is 2.17. The van der Waals surface area contributed by atoms with Crippen molar-refractivity contribution in [2.24, 2.45) is 5.73 Å². The van der Waals surface area contributed by atoms with E-state index < -0.39 is 0 Å². The normalized spacial score (nSPS) is 11.9. The summed E-state index contributed by atoms with van der Waals surface area (Å²) < 4.78 is 2.30. The van der Waals surface area contributed by atoms with Gasteiger partial charge in [-0.1, -0.05) is 43.0 Å². The molecule has 2 aromatic heterocycles. The highest BCUT2D eigenvalue weighted by Crippen LogP contribution is 2.42. The van der Waals surface area contributed by atoms with Gasteiger partial charge in [-0.3, -0.25) is 4.98 Å². The third kappa shape index (κ3) is 4.26. The highest BCUT2D eigenvalue weighted by molar-refractivity contribution is 7.25. The first kappa shape index (κ1) is 22.7. The number of thiophene rings is 1. The SMILES string of the molecule is C=Cc1c(/C=C\C)c(-c2cc(C#N)ccn2)cc2sc3cc(C/C=C(C#N)\C=C/N)ccc3c12. The summed E-state index contributed by atoms with van der Waals surface area (Å²) in [6.45, 7) is 6.10. The second kappa shape index (κ2) is 10.0. The van der Waals surface area contributed by atoms with Crippen LogP contribution in [0.25, 0.3) is 43.6 Å². The number of hydrogen-bond donors (Lipinski definition) is 1. The standard InChI is InChI=1S/C29H22N4S/c1-3-5-23-22(4-2)29-24-9-8-19(6-7-20(17-31)10-12-30)15-27(24)34-28(29)16-25(23)26-14-21(18-32)11-13-33-26/h3-5,7-16H,2,6,30H2,1H3/b5-3-,12-10-,20-7+. The molecule has 0 radical (unpaired) electrons. The average Bonchev–Trinajstić information content (AvgIpc) is 3.23. The number of benzene rings is 2. The molecule has 4 rings (SSSR count). The number of nitrogens with zero attached hydrogens (tertiary/aromatic N) is 3. The van der Waals surface area contributed by atoms with Crippen molar-refractivity contribution in [1.29, 1.82) is 10.5 Å². The lowest BCUT2D eigenvalue weighted by Gasteiger charge is -2.12. The minimum atomic E-state index is 0.542. The fourth-order valence-electron chi connectivity index (χ4n) is 4.05. The van der Waals surface area contributed by atoms with E-state index in [0.717, 1.165) is 38.0 Å². The van der Waals surface area contributed by atoms with Crippen LogP contribution in [0.15, 0.2) is 79.2 Å². The lowest BCUT2D eigenvalue weighted by molar-refractivity contribution is 1.27. The summed E-state index contributed by atoms with van der Waals surface area (Å²) in [5.41, 5.74) is 11.5. The van der Waals surface area contributed by atoms with Crippen molar-refractivity contribution in [2.45, 2.75) is 13.3 Å². The molecule has 0 saturated heterocycles. The summed E-state index contributed by atoms with van der Waals surface area (Å²) in [5.74, 6) is 0. The van der Waals surface area contributed by atoms with Gasteiger partial charge in [0, 0.05) is 37.5 Å². The molecule has 5 heteroatoms. The Kier molecular flexibility index (Phi) is 6.69. The van der Waals surface area contributed by atoms with Crippen LogP contribution >= 0.6 is 11.3 Å². The van der Waals surface area contributed by atoms with E-state index in [2.05, 4.69) is 54.0 Å². The summed E-state index contributed by atoms with van der Waals surface area (Å²) in [6, 6.07) is 16.5. The van der Waals surface area contributed by atoms with Crippen molar-refractivity contribution >= 4 is 43.7 Å². The molecule has 2 heterocycles. The van der Waals surface area contributed by atoms with Gasteiger partial charge in [0.15, 0.2) is 0 Å². The van der Waals surface area contributed by atoms with E-state index in [-0.39, 0.29) is 0 Å². The van der Waals surface area contributed by atoms with Crippen LogP contribution in [0, 0.1) is 22.7 Å². The number of aromatic nitrogens is 1. The second-order valence-corrected chi connectivity index (χ2v) is 8.72. The average molecular weight is 459 g/mol. The molecule has 34 heavy (non-hydrogen) atoms. The molecule has 0 atom stereocenters. The van der Waals surface area contributed by atoms with E-state index >= 15 is 0 Å². The van der Waals surface area contributed by atoms with Crippen LogP contribution in [-0.4, -0.2) is 4.98 Å². The lowest BCUT2D eigenvalue weighted by atomic mass is 9.93. The maximum atomic E-state index is 9.36. The van der Waals surface area contributed by atoms with Gasteiger partial charge >= 0.3 is 0 Å². The first-order valence-corrected chi connectivity index (χ1v) is 11.6.